The van der Waals surface area contributed by atoms with E-state index in [0.29, 0.717) is 28.4 Å². The van der Waals surface area contributed by atoms with Crippen LogP contribution in [0.1, 0.15) is 27.3 Å². The number of hydrogen-bond acceptors (Lipinski definition) is 5. The number of aromatic nitrogens is 1. The molecule has 0 aliphatic rings. The minimum absolute atomic E-state index is 0.291. The summed E-state index contributed by atoms with van der Waals surface area (Å²) < 4.78 is 18.0. The van der Waals surface area contributed by atoms with Gasteiger partial charge in [0.2, 0.25) is 0 Å². The summed E-state index contributed by atoms with van der Waals surface area (Å²) in [5, 5.41) is 4.10. The van der Waals surface area contributed by atoms with Gasteiger partial charge in [-0.05, 0) is 38.1 Å². The highest BCUT2D eigenvalue weighted by molar-refractivity contribution is 5.96. The second kappa shape index (κ2) is 9.17. The van der Waals surface area contributed by atoms with Gasteiger partial charge in [-0.25, -0.2) is 5.43 Å². The molecule has 0 fully saturated rings. The molecule has 3 aromatic rings. The zero-order valence-electron chi connectivity index (χ0n) is 17.7. The lowest BCUT2D eigenvalue weighted by molar-refractivity contribution is 0.0954. The van der Waals surface area contributed by atoms with Crippen molar-refractivity contribution < 1.29 is 19.0 Å². The van der Waals surface area contributed by atoms with E-state index in [4.69, 9.17) is 14.2 Å². The number of para-hydroxylation sites is 1. The van der Waals surface area contributed by atoms with E-state index >= 15 is 0 Å². The molecule has 0 bridgehead atoms. The van der Waals surface area contributed by atoms with Crippen molar-refractivity contribution in [2.75, 3.05) is 21.3 Å². The summed E-state index contributed by atoms with van der Waals surface area (Å²) in [6.45, 7) is 3.88. The third-order valence-electron chi connectivity index (χ3n) is 4.80. The number of nitrogens with zero attached hydrogens (tertiary/aromatic N) is 2. The quantitative estimate of drug-likeness (QED) is 0.476. The minimum Gasteiger partial charge on any atom is -0.496 e. The maximum absolute atomic E-state index is 12.7. The van der Waals surface area contributed by atoms with E-state index in [9.17, 15) is 4.79 Å². The first-order valence-electron chi connectivity index (χ1n) is 9.38. The third kappa shape index (κ3) is 4.15. The molecule has 0 aliphatic heterocycles. The fourth-order valence-electron chi connectivity index (χ4n) is 3.34. The lowest BCUT2D eigenvalue weighted by Gasteiger charge is -2.11. The van der Waals surface area contributed by atoms with Gasteiger partial charge in [0.15, 0.2) is 11.5 Å². The van der Waals surface area contributed by atoms with Crippen molar-refractivity contribution in [3.63, 3.8) is 0 Å². The molecule has 0 saturated carbocycles. The molecule has 0 saturated heterocycles. The molecule has 7 heteroatoms. The Balaban J connectivity index is 1.82. The van der Waals surface area contributed by atoms with Crippen molar-refractivity contribution >= 4 is 12.1 Å². The summed E-state index contributed by atoms with van der Waals surface area (Å²) in [7, 11) is 4.66. The Kier molecular flexibility index (Phi) is 6.41. The fraction of sp³-hybridized carbons (Fsp3) is 0.217. The third-order valence-corrected chi connectivity index (χ3v) is 4.80. The van der Waals surface area contributed by atoms with Gasteiger partial charge < -0.3 is 18.8 Å². The molecule has 3 rings (SSSR count). The number of hydrogen-bond donors (Lipinski definition) is 1. The van der Waals surface area contributed by atoms with Crippen LogP contribution in [0.5, 0.6) is 17.2 Å². The second-order valence-corrected chi connectivity index (χ2v) is 6.60. The van der Waals surface area contributed by atoms with Gasteiger partial charge in [0.05, 0.1) is 33.1 Å². The largest absolute Gasteiger partial charge is 0.496 e. The SMILES string of the molecule is COc1cc(OC)c(OC)cc1/C=N/NC(=O)c1cc(C)n(-c2ccccc2)c1C. The van der Waals surface area contributed by atoms with Crippen LogP contribution >= 0.6 is 0 Å². The summed E-state index contributed by atoms with van der Waals surface area (Å²) in [6.07, 6.45) is 1.51. The monoisotopic (exact) mass is 407 g/mol. The van der Waals surface area contributed by atoms with E-state index in [-0.39, 0.29) is 5.91 Å². The Morgan fingerprint density at radius 2 is 1.57 bits per heavy atom. The van der Waals surface area contributed by atoms with Crippen LogP contribution in [0.2, 0.25) is 0 Å². The Morgan fingerprint density at radius 1 is 0.933 bits per heavy atom. The van der Waals surface area contributed by atoms with E-state index in [1.807, 2.05) is 54.8 Å². The first-order chi connectivity index (χ1) is 14.5. The zero-order valence-corrected chi connectivity index (χ0v) is 17.7. The molecule has 2 aromatic carbocycles. The Labute approximate surface area is 175 Å². The highest BCUT2D eigenvalue weighted by Crippen LogP contribution is 2.33. The molecule has 0 aliphatic carbocycles. The van der Waals surface area contributed by atoms with E-state index in [1.54, 1.807) is 33.5 Å². The van der Waals surface area contributed by atoms with Gasteiger partial charge in [0.1, 0.15) is 5.75 Å². The van der Waals surface area contributed by atoms with Gasteiger partial charge in [-0.15, -0.1) is 0 Å². The number of methoxy groups -OCH3 is 3. The number of carbonyl (C=O) groups excluding carboxylic acids is 1. The Bertz CT molecular complexity index is 1070. The Hall–Kier alpha value is -3.74. The molecule has 0 unspecified atom stereocenters. The van der Waals surface area contributed by atoms with Crippen molar-refractivity contribution in [1.82, 2.24) is 9.99 Å². The van der Waals surface area contributed by atoms with Gasteiger partial charge in [0.25, 0.3) is 5.91 Å². The summed E-state index contributed by atoms with van der Waals surface area (Å²) in [6, 6.07) is 15.2. The average molecular weight is 407 g/mol. The van der Waals surface area contributed by atoms with Crippen molar-refractivity contribution in [1.29, 1.82) is 0 Å². The van der Waals surface area contributed by atoms with Crippen LogP contribution in [0.15, 0.2) is 53.6 Å². The van der Waals surface area contributed by atoms with Gasteiger partial charge >= 0.3 is 0 Å². The van der Waals surface area contributed by atoms with Gasteiger partial charge in [-0.1, -0.05) is 18.2 Å². The highest BCUT2D eigenvalue weighted by Gasteiger charge is 2.16. The molecular formula is C23H25N3O4. The normalized spacial score (nSPS) is 10.8. The maximum atomic E-state index is 12.7. The second-order valence-electron chi connectivity index (χ2n) is 6.60. The number of ether oxygens (including phenoxy) is 3. The van der Waals surface area contributed by atoms with Crippen molar-refractivity contribution in [3.05, 3.63) is 71.0 Å². The number of benzene rings is 2. The first kappa shape index (κ1) is 21.0. The van der Waals surface area contributed by atoms with Crippen LogP contribution in [0.4, 0.5) is 0 Å². The highest BCUT2D eigenvalue weighted by atomic mass is 16.5. The zero-order chi connectivity index (χ0) is 21.7. The maximum Gasteiger partial charge on any atom is 0.273 e. The van der Waals surface area contributed by atoms with Crippen molar-refractivity contribution in [2.24, 2.45) is 5.10 Å². The minimum atomic E-state index is -0.291. The molecule has 1 aromatic heterocycles. The molecule has 156 valence electrons. The lowest BCUT2D eigenvalue weighted by Crippen LogP contribution is -2.18. The number of rotatable bonds is 7. The molecule has 7 nitrogen and oxygen atoms in total. The van der Waals surface area contributed by atoms with E-state index in [1.165, 1.54) is 6.21 Å². The lowest BCUT2D eigenvalue weighted by atomic mass is 10.2. The van der Waals surface area contributed by atoms with E-state index < -0.39 is 0 Å². The van der Waals surface area contributed by atoms with Crippen LogP contribution in [0, 0.1) is 13.8 Å². The Morgan fingerprint density at radius 3 is 2.20 bits per heavy atom. The van der Waals surface area contributed by atoms with E-state index in [0.717, 1.165) is 17.1 Å². The van der Waals surface area contributed by atoms with Crippen LogP contribution < -0.4 is 19.6 Å². The van der Waals surface area contributed by atoms with Crippen molar-refractivity contribution in [2.45, 2.75) is 13.8 Å². The molecule has 0 atom stereocenters. The summed E-state index contributed by atoms with van der Waals surface area (Å²) >= 11 is 0. The van der Waals surface area contributed by atoms with Crippen molar-refractivity contribution in [3.8, 4) is 22.9 Å². The first-order valence-corrected chi connectivity index (χ1v) is 9.38. The number of amides is 1. The molecule has 0 spiro atoms. The average Bonchev–Trinajstić information content (AvgIpc) is 3.07. The van der Waals surface area contributed by atoms with Crippen LogP contribution in [0.25, 0.3) is 5.69 Å². The molecule has 0 radical (unpaired) electrons. The number of aryl methyl sites for hydroxylation is 1. The summed E-state index contributed by atoms with van der Waals surface area (Å²) in [5.41, 5.74) is 6.61. The van der Waals surface area contributed by atoms with E-state index in [2.05, 4.69) is 10.5 Å². The molecule has 30 heavy (non-hydrogen) atoms. The van der Waals surface area contributed by atoms with Gasteiger partial charge in [-0.2, -0.15) is 5.10 Å². The molecule has 1 heterocycles. The smallest absolute Gasteiger partial charge is 0.273 e. The molecule has 1 N–H and O–H groups in total. The predicted octanol–water partition coefficient (Wildman–Crippen LogP) is 3.88. The molecule has 1 amide bonds. The fourth-order valence-corrected chi connectivity index (χ4v) is 3.34. The number of carbonyl (C=O) groups is 1. The molecular weight excluding hydrogens is 382 g/mol. The topological polar surface area (TPSA) is 74.1 Å². The summed E-state index contributed by atoms with van der Waals surface area (Å²) in [4.78, 5) is 12.7. The van der Waals surface area contributed by atoms with Crippen LogP contribution in [-0.2, 0) is 0 Å². The standard InChI is InChI=1S/C23H25N3O4/c1-15-11-19(16(2)26(15)18-9-7-6-8-10-18)23(27)25-24-14-17-12-21(29-4)22(30-5)13-20(17)28-3/h6-14H,1-5H3,(H,25,27)/b24-14+. The van der Waals surface area contributed by atoms with Gasteiger partial charge in [0, 0.05) is 28.7 Å². The van der Waals surface area contributed by atoms with Crippen LogP contribution in [-0.4, -0.2) is 38.0 Å². The van der Waals surface area contributed by atoms with Crippen LogP contribution in [0.3, 0.4) is 0 Å². The van der Waals surface area contributed by atoms with Gasteiger partial charge in [-0.3, -0.25) is 4.79 Å². The number of hydrazone groups is 1. The number of nitrogens with one attached hydrogen (secondary N) is 1. The summed E-state index contributed by atoms with van der Waals surface area (Å²) in [5.74, 6) is 1.34. The predicted molar refractivity (Wildman–Crippen MR) is 116 cm³/mol.